The number of carbonyl (C=O) groups is 3. The van der Waals surface area contributed by atoms with Crippen molar-refractivity contribution in [2.24, 2.45) is 11.8 Å². The zero-order valence-electron chi connectivity index (χ0n) is 23.6. The molecule has 0 bridgehead atoms. The topological polar surface area (TPSA) is 105 Å². The molecule has 2 rings (SSSR count). The van der Waals surface area contributed by atoms with Gasteiger partial charge in [-0.25, -0.2) is 0 Å². The van der Waals surface area contributed by atoms with Gasteiger partial charge in [0.15, 0.2) is 0 Å². The van der Waals surface area contributed by atoms with Crippen LogP contribution in [0.5, 0.6) is 0 Å². The summed E-state index contributed by atoms with van der Waals surface area (Å²) in [6, 6.07) is 19.0. The van der Waals surface area contributed by atoms with Gasteiger partial charge in [0.05, 0.1) is 31.0 Å². The summed E-state index contributed by atoms with van der Waals surface area (Å²) in [6.45, 7) is 9.14. The Labute approximate surface area is 238 Å². The van der Waals surface area contributed by atoms with E-state index in [4.69, 9.17) is 4.74 Å². The van der Waals surface area contributed by atoms with Gasteiger partial charge in [-0.3, -0.25) is 14.4 Å². The minimum atomic E-state index is -0.624. The van der Waals surface area contributed by atoms with E-state index < -0.39 is 18.1 Å². The van der Waals surface area contributed by atoms with Crippen LogP contribution in [-0.4, -0.2) is 48.2 Å². The smallest absolute Gasteiger partial charge is 0.309 e. The van der Waals surface area contributed by atoms with Crippen molar-refractivity contribution in [1.82, 2.24) is 10.6 Å². The molecule has 7 nitrogen and oxygen atoms in total. The van der Waals surface area contributed by atoms with Crippen LogP contribution < -0.4 is 10.6 Å². The number of unbranched alkanes of at least 4 members (excludes halogenated alkanes) is 1. The Balaban J connectivity index is 1.87. The molecule has 3 N–H and O–H groups in total. The van der Waals surface area contributed by atoms with Gasteiger partial charge in [0.1, 0.15) is 6.10 Å². The number of aliphatic hydroxyl groups excluding tert-OH is 1. The minimum absolute atomic E-state index is 0.0419. The normalized spacial score (nSPS) is 13.8. The highest BCUT2D eigenvalue weighted by molar-refractivity contribution is 5.86. The number of hydrogen-bond donors (Lipinski definition) is 3. The first-order chi connectivity index (χ1) is 19.4. The van der Waals surface area contributed by atoms with E-state index in [-0.39, 0.29) is 43.3 Å². The molecule has 2 aromatic carbocycles. The Hall–Kier alpha value is -3.71. The van der Waals surface area contributed by atoms with Crippen LogP contribution in [-0.2, 0) is 32.0 Å². The molecule has 0 aliphatic rings. The zero-order chi connectivity index (χ0) is 29.2. The van der Waals surface area contributed by atoms with Crippen LogP contribution in [0.15, 0.2) is 86.0 Å². The van der Waals surface area contributed by atoms with Crippen molar-refractivity contribution in [2.75, 3.05) is 13.2 Å². The van der Waals surface area contributed by atoms with Crippen LogP contribution in [0, 0.1) is 11.8 Å². The lowest BCUT2D eigenvalue weighted by Gasteiger charge is -2.22. The average Bonchev–Trinajstić information content (AvgIpc) is 2.96. The van der Waals surface area contributed by atoms with Gasteiger partial charge >= 0.3 is 5.97 Å². The number of allylic oxidation sites excluding steroid dienone is 2. The standard InChI is InChI=1S/C33H44N2O5/c1-4-6-9-19-29(20-26-15-10-7-11-16-26)33(39)40-25(3)23-34-32(38)28(14-5-2)22-31(37)35-30(24-36)21-27-17-12-8-13-18-27/h4-5,7-8,10-13,15-18,25,28-30,36H,1-2,6,9,14,19-24H2,3H3,(H,34,38)(H,35,37)/t25-,28+,29+,30-/m0/s1. The summed E-state index contributed by atoms with van der Waals surface area (Å²) in [5.41, 5.74) is 2.07. The van der Waals surface area contributed by atoms with Gasteiger partial charge in [-0.05, 0) is 56.6 Å². The van der Waals surface area contributed by atoms with Crippen molar-refractivity contribution < 1.29 is 24.2 Å². The molecular formula is C33H44N2O5. The van der Waals surface area contributed by atoms with Crippen LogP contribution in [0.1, 0.15) is 50.2 Å². The Morgan fingerprint density at radius 1 is 0.925 bits per heavy atom. The molecule has 0 aliphatic carbocycles. The summed E-state index contributed by atoms with van der Waals surface area (Å²) < 4.78 is 5.70. The Kier molecular flexibility index (Phi) is 15.1. The average molecular weight is 549 g/mol. The molecule has 0 radical (unpaired) electrons. The molecule has 2 amide bonds. The van der Waals surface area contributed by atoms with E-state index in [0.29, 0.717) is 25.7 Å². The van der Waals surface area contributed by atoms with E-state index in [0.717, 1.165) is 24.0 Å². The Morgan fingerprint density at radius 2 is 1.55 bits per heavy atom. The minimum Gasteiger partial charge on any atom is -0.461 e. The number of esters is 1. The molecule has 2 aromatic rings. The summed E-state index contributed by atoms with van der Waals surface area (Å²) in [5, 5.41) is 15.4. The summed E-state index contributed by atoms with van der Waals surface area (Å²) in [6.07, 6.45) is 6.63. The number of rotatable bonds is 19. The molecule has 0 aromatic heterocycles. The van der Waals surface area contributed by atoms with Crippen LogP contribution in [0.4, 0.5) is 0 Å². The predicted molar refractivity (Wildman–Crippen MR) is 158 cm³/mol. The third-order valence-corrected chi connectivity index (χ3v) is 6.66. The molecular weight excluding hydrogens is 504 g/mol. The molecule has 0 saturated heterocycles. The lowest BCUT2D eigenvalue weighted by atomic mass is 9.94. The molecule has 0 heterocycles. The van der Waals surface area contributed by atoms with Gasteiger partial charge in [0, 0.05) is 6.42 Å². The summed E-state index contributed by atoms with van der Waals surface area (Å²) in [5.74, 6) is -1.83. The highest BCUT2D eigenvalue weighted by Gasteiger charge is 2.25. The molecule has 7 heteroatoms. The van der Waals surface area contributed by atoms with Crippen molar-refractivity contribution in [3.63, 3.8) is 0 Å². The zero-order valence-corrected chi connectivity index (χ0v) is 23.6. The number of amides is 2. The van der Waals surface area contributed by atoms with Crippen molar-refractivity contribution >= 4 is 17.8 Å². The quantitative estimate of drug-likeness (QED) is 0.136. The molecule has 0 aliphatic heterocycles. The largest absolute Gasteiger partial charge is 0.461 e. The highest BCUT2D eigenvalue weighted by Crippen LogP contribution is 2.18. The third-order valence-electron chi connectivity index (χ3n) is 6.66. The van der Waals surface area contributed by atoms with E-state index in [2.05, 4.69) is 23.8 Å². The van der Waals surface area contributed by atoms with Gasteiger partial charge in [-0.2, -0.15) is 0 Å². The Morgan fingerprint density at radius 3 is 2.12 bits per heavy atom. The van der Waals surface area contributed by atoms with E-state index in [1.165, 1.54) is 0 Å². The first-order valence-electron chi connectivity index (χ1n) is 14.0. The maximum Gasteiger partial charge on any atom is 0.309 e. The van der Waals surface area contributed by atoms with Gasteiger partial charge in [-0.1, -0.05) is 72.8 Å². The van der Waals surface area contributed by atoms with E-state index in [1.54, 1.807) is 13.0 Å². The second kappa shape index (κ2) is 18.6. The van der Waals surface area contributed by atoms with Crippen LogP contribution in [0.25, 0.3) is 0 Å². The predicted octanol–water partition coefficient (Wildman–Crippen LogP) is 4.55. The fourth-order valence-electron chi connectivity index (χ4n) is 4.49. The lowest BCUT2D eigenvalue weighted by Crippen LogP contribution is -2.42. The van der Waals surface area contributed by atoms with Crippen molar-refractivity contribution in [1.29, 1.82) is 0 Å². The second-order valence-corrected chi connectivity index (χ2v) is 10.2. The number of hydrogen-bond acceptors (Lipinski definition) is 5. The number of aliphatic hydroxyl groups is 1. The van der Waals surface area contributed by atoms with Gasteiger partial charge in [0.25, 0.3) is 0 Å². The van der Waals surface area contributed by atoms with Crippen LogP contribution >= 0.6 is 0 Å². The van der Waals surface area contributed by atoms with E-state index in [1.807, 2.05) is 66.7 Å². The van der Waals surface area contributed by atoms with Crippen molar-refractivity contribution in [3.8, 4) is 0 Å². The molecule has 40 heavy (non-hydrogen) atoms. The first-order valence-corrected chi connectivity index (χ1v) is 14.0. The van der Waals surface area contributed by atoms with E-state index in [9.17, 15) is 19.5 Å². The SMILES string of the molecule is C=CCCC[C@H](Cc1ccccc1)C(=O)O[C@@H](C)CNC(=O)[C@H](CC=C)CC(=O)N[C@H](CO)Cc1ccccc1. The number of ether oxygens (including phenoxy) is 1. The fraction of sp³-hybridized carbons (Fsp3) is 0.424. The number of benzene rings is 2. The second-order valence-electron chi connectivity index (χ2n) is 10.2. The van der Waals surface area contributed by atoms with Gasteiger partial charge in [0.2, 0.25) is 11.8 Å². The van der Waals surface area contributed by atoms with E-state index >= 15 is 0 Å². The fourth-order valence-corrected chi connectivity index (χ4v) is 4.49. The maximum absolute atomic E-state index is 13.0. The lowest BCUT2D eigenvalue weighted by molar-refractivity contribution is -0.153. The summed E-state index contributed by atoms with van der Waals surface area (Å²) in [7, 11) is 0. The monoisotopic (exact) mass is 548 g/mol. The molecule has 0 unspecified atom stereocenters. The number of carbonyl (C=O) groups excluding carboxylic acids is 3. The molecule has 216 valence electrons. The molecule has 0 spiro atoms. The number of nitrogens with one attached hydrogen (secondary N) is 2. The molecule has 0 fully saturated rings. The van der Waals surface area contributed by atoms with Gasteiger partial charge < -0.3 is 20.5 Å². The van der Waals surface area contributed by atoms with Gasteiger partial charge in [-0.15, -0.1) is 13.2 Å². The maximum atomic E-state index is 13.0. The van der Waals surface area contributed by atoms with Crippen LogP contribution in [0.3, 0.4) is 0 Å². The molecule has 4 atom stereocenters. The van der Waals surface area contributed by atoms with Crippen molar-refractivity contribution in [2.45, 2.75) is 64.0 Å². The van der Waals surface area contributed by atoms with Crippen molar-refractivity contribution in [3.05, 3.63) is 97.1 Å². The third kappa shape index (κ3) is 12.4. The van der Waals surface area contributed by atoms with Crippen LogP contribution in [0.2, 0.25) is 0 Å². The summed E-state index contributed by atoms with van der Waals surface area (Å²) in [4.78, 5) is 38.6. The molecule has 0 saturated carbocycles. The Bertz CT molecular complexity index is 1060. The summed E-state index contributed by atoms with van der Waals surface area (Å²) >= 11 is 0. The highest BCUT2D eigenvalue weighted by atomic mass is 16.5. The first kappa shape index (κ1) is 32.5.